The number of nitrogens with zero attached hydrogens (tertiary/aromatic N) is 2. The molecule has 0 saturated heterocycles. The first kappa shape index (κ1) is 14.4. The van der Waals surface area contributed by atoms with Gasteiger partial charge >= 0.3 is 0 Å². The normalized spacial score (nSPS) is 11.4. The summed E-state index contributed by atoms with van der Waals surface area (Å²) >= 11 is 0. The fourth-order valence-corrected chi connectivity index (χ4v) is 2.97. The maximum absolute atomic E-state index is 13.3. The van der Waals surface area contributed by atoms with Crippen LogP contribution in [-0.4, -0.2) is 20.4 Å². The van der Waals surface area contributed by atoms with Gasteiger partial charge in [-0.15, -0.1) is 0 Å². The van der Waals surface area contributed by atoms with Crippen LogP contribution >= 0.6 is 0 Å². The predicted molar refractivity (Wildman–Crippen MR) is 90.8 cm³/mol. The lowest BCUT2D eigenvalue weighted by molar-refractivity contribution is -0.118. The number of hydrogen-bond donors (Lipinski definition) is 2. The van der Waals surface area contributed by atoms with Crippen molar-refractivity contribution in [2.45, 2.75) is 13.0 Å². The van der Waals surface area contributed by atoms with E-state index in [1.54, 1.807) is 12.4 Å². The number of imidazole rings is 1. The number of hydrogen-bond acceptors (Lipinski definition) is 2. The molecule has 0 aliphatic carbocycles. The van der Waals surface area contributed by atoms with E-state index in [2.05, 4.69) is 9.97 Å². The van der Waals surface area contributed by atoms with Crippen LogP contribution in [0, 0.1) is 5.82 Å². The molecule has 2 aromatic heterocycles. The highest BCUT2D eigenvalue weighted by Crippen LogP contribution is 2.31. The summed E-state index contributed by atoms with van der Waals surface area (Å²) in [6.07, 6.45) is 3.85. The number of nitrogens with one attached hydrogen (secondary N) is 1. The van der Waals surface area contributed by atoms with E-state index in [9.17, 15) is 9.18 Å². The molecular weight excluding hydrogens is 307 g/mol. The van der Waals surface area contributed by atoms with Gasteiger partial charge < -0.3 is 15.3 Å². The summed E-state index contributed by atoms with van der Waals surface area (Å²) in [5.74, 6) is -0.609. The second-order valence-electron chi connectivity index (χ2n) is 5.75. The Kier molecular flexibility index (Phi) is 3.30. The van der Waals surface area contributed by atoms with E-state index in [0.29, 0.717) is 6.54 Å². The second-order valence-corrected chi connectivity index (χ2v) is 5.75. The summed E-state index contributed by atoms with van der Waals surface area (Å²) in [7, 11) is 0. The van der Waals surface area contributed by atoms with Crippen molar-refractivity contribution in [3.05, 3.63) is 54.7 Å². The van der Waals surface area contributed by atoms with Gasteiger partial charge in [-0.2, -0.15) is 0 Å². The Morgan fingerprint density at radius 1 is 1.25 bits per heavy atom. The summed E-state index contributed by atoms with van der Waals surface area (Å²) in [4.78, 5) is 18.5. The van der Waals surface area contributed by atoms with Crippen molar-refractivity contribution in [3.8, 4) is 11.1 Å². The number of nitrogens with two attached hydrogens (primary N) is 1. The molecule has 0 fully saturated rings. The lowest BCUT2D eigenvalue weighted by Crippen LogP contribution is -2.13. The number of carbonyl (C=O) groups excluding carboxylic acids is 1. The Balaban J connectivity index is 1.81. The quantitative estimate of drug-likeness (QED) is 0.605. The van der Waals surface area contributed by atoms with Gasteiger partial charge in [-0.1, -0.05) is 6.07 Å². The molecule has 24 heavy (non-hydrogen) atoms. The van der Waals surface area contributed by atoms with E-state index in [1.807, 2.05) is 29.0 Å². The number of aromatic nitrogens is 3. The fourth-order valence-electron chi connectivity index (χ4n) is 2.97. The van der Waals surface area contributed by atoms with Crippen molar-refractivity contribution in [2.24, 2.45) is 5.73 Å². The third-order valence-electron chi connectivity index (χ3n) is 4.17. The van der Waals surface area contributed by atoms with Crippen LogP contribution in [0.4, 0.5) is 4.39 Å². The van der Waals surface area contributed by atoms with Crippen LogP contribution in [0.2, 0.25) is 0 Å². The van der Waals surface area contributed by atoms with Gasteiger partial charge in [-0.05, 0) is 35.9 Å². The number of primary amides is 1. The summed E-state index contributed by atoms with van der Waals surface area (Å²) in [5.41, 5.74) is 9.77. The molecule has 5 nitrogen and oxygen atoms in total. The monoisotopic (exact) mass is 322 g/mol. The minimum absolute atomic E-state index is 0.266. The van der Waals surface area contributed by atoms with Gasteiger partial charge in [0.2, 0.25) is 5.91 Å². The van der Waals surface area contributed by atoms with Crippen LogP contribution < -0.4 is 5.73 Å². The van der Waals surface area contributed by atoms with Crippen molar-refractivity contribution in [3.63, 3.8) is 0 Å². The second kappa shape index (κ2) is 5.49. The predicted octanol–water partition coefficient (Wildman–Crippen LogP) is 3.20. The maximum Gasteiger partial charge on any atom is 0.219 e. The molecule has 2 heterocycles. The minimum atomic E-state index is -0.341. The molecule has 0 spiro atoms. The Labute approximate surface area is 136 Å². The molecule has 0 unspecified atom stereocenters. The van der Waals surface area contributed by atoms with Crippen molar-refractivity contribution >= 4 is 27.8 Å². The standard InChI is InChI=1S/C18H15FN4O/c19-12-2-3-13-14(9-21-16(13)8-12)11-1-4-15-17(7-11)23(10-22-15)6-5-18(20)24/h1-4,7-10,21H,5-6H2,(H2,20,24). The molecule has 0 bridgehead atoms. The Hall–Kier alpha value is -3.15. The van der Waals surface area contributed by atoms with Crippen molar-refractivity contribution in [2.75, 3.05) is 0 Å². The zero-order valence-electron chi connectivity index (χ0n) is 12.8. The van der Waals surface area contributed by atoms with Crippen molar-refractivity contribution in [1.82, 2.24) is 14.5 Å². The molecule has 0 aliphatic rings. The number of halogens is 1. The van der Waals surface area contributed by atoms with E-state index in [-0.39, 0.29) is 18.1 Å². The average Bonchev–Trinajstić information content (AvgIpc) is 3.15. The highest BCUT2D eigenvalue weighted by atomic mass is 19.1. The van der Waals surface area contributed by atoms with Crippen LogP contribution in [0.1, 0.15) is 6.42 Å². The van der Waals surface area contributed by atoms with Crippen molar-refractivity contribution < 1.29 is 9.18 Å². The number of carbonyl (C=O) groups is 1. The van der Waals surface area contributed by atoms with Crippen LogP contribution in [0.15, 0.2) is 48.9 Å². The van der Waals surface area contributed by atoms with Gasteiger partial charge in [0.05, 0.1) is 17.4 Å². The van der Waals surface area contributed by atoms with E-state index in [1.165, 1.54) is 12.1 Å². The first-order valence-corrected chi connectivity index (χ1v) is 7.62. The molecule has 0 saturated carbocycles. The van der Waals surface area contributed by atoms with E-state index in [0.717, 1.165) is 33.1 Å². The summed E-state index contributed by atoms with van der Waals surface area (Å²) in [5, 5.41) is 0.957. The van der Waals surface area contributed by atoms with Gasteiger partial charge in [-0.3, -0.25) is 4.79 Å². The van der Waals surface area contributed by atoms with E-state index in [4.69, 9.17) is 5.73 Å². The third-order valence-corrected chi connectivity index (χ3v) is 4.17. The van der Waals surface area contributed by atoms with Crippen LogP contribution in [0.25, 0.3) is 33.1 Å². The molecule has 4 rings (SSSR count). The molecule has 6 heteroatoms. The van der Waals surface area contributed by atoms with E-state index >= 15 is 0 Å². The average molecular weight is 322 g/mol. The highest BCUT2D eigenvalue weighted by Gasteiger charge is 2.10. The van der Waals surface area contributed by atoms with Crippen LogP contribution in [0.5, 0.6) is 0 Å². The molecule has 0 radical (unpaired) electrons. The zero-order chi connectivity index (χ0) is 16.7. The van der Waals surface area contributed by atoms with Gasteiger partial charge in [-0.25, -0.2) is 9.37 Å². The lowest BCUT2D eigenvalue weighted by Gasteiger charge is -2.05. The minimum Gasteiger partial charge on any atom is -0.370 e. The summed E-state index contributed by atoms with van der Waals surface area (Å²) in [6, 6.07) is 10.7. The third kappa shape index (κ3) is 2.42. The Morgan fingerprint density at radius 2 is 2.12 bits per heavy atom. The van der Waals surface area contributed by atoms with Gasteiger partial charge in [0.25, 0.3) is 0 Å². The summed E-state index contributed by atoms with van der Waals surface area (Å²) < 4.78 is 15.3. The van der Waals surface area contributed by atoms with E-state index < -0.39 is 0 Å². The maximum atomic E-state index is 13.3. The number of rotatable bonds is 4. The Morgan fingerprint density at radius 3 is 2.96 bits per heavy atom. The first-order chi connectivity index (χ1) is 11.6. The largest absolute Gasteiger partial charge is 0.370 e. The van der Waals surface area contributed by atoms with Gasteiger partial charge in [0.1, 0.15) is 5.82 Å². The zero-order valence-corrected chi connectivity index (χ0v) is 12.8. The van der Waals surface area contributed by atoms with Crippen molar-refractivity contribution in [1.29, 1.82) is 0 Å². The fraction of sp³-hybridized carbons (Fsp3) is 0.111. The summed E-state index contributed by atoms with van der Waals surface area (Å²) in [6.45, 7) is 0.494. The molecule has 0 aliphatic heterocycles. The molecule has 120 valence electrons. The van der Waals surface area contributed by atoms with Gasteiger partial charge in [0.15, 0.2) is 0 Å². The Bertz CT molecular complexity index is 1060. The highest BCUT2D eigenvalue weighted by molar-refractivity contribution is 5.97. The number of aryl methyl sites for hydroxylation is 1. The topological polar surface area (TPSA) is 76.7 Å². The number of H-pyrrole nitrogens is 1. The molecule has 0 atom stereocenters. The van der Waals surface area contributed by atoms with Crippen LogP contribution in [-0.2, 0) is 11.3 Å². The lowest BCUT2D eigenvalue weighted by atomic mass is 10.0. The van der Waals surface area contributed by atoms with Gasteiger partial charge in [0, 0.05) is 35.6 Å². The number of fused-ring (bicyclic) bond motifs is 2. The molecule has 3 N–H and O–H groups in total. The molecular formula is C18H15FN4O. The smallest absolute Gasteiger partial charge is 0.219 e. The molecule has 2 aromatic carbocycles. The first-order valence-electron chi connectivity index (χ1n) is 7.62. The number of benzene rings is 2. The molecule has 1 amide bonds. The number of amides is 1. The molecule has 4 aromatic rings. The van der Waals surface area contributed by atoms with Crippen LogP contribution in [0.3, 0.4) is 0 Å². The number of aromatic amines is 1. The SMILES string of the molecule is NC(=O)CCn1cnc2ccc(-c3c[nH]c4cc(F)ccc34)cc21.